The molecule has 0 fully saturated rings. The number of hydrogen-bond donors (Lipinski definition) is 2. The number of amides is 2. The number of primary amides is 1. The van der Waals surface area contributed by atoms with Crippen molar-refractivity contribution in [1.29, 1.82) is 0 Å². The first kappa shape index (κ1) is 20.9. The average Bonchev–Trinajstić information content (AvgIpc) is 3.00. The molecular weight excluding hydrogens is 390 g/mol. The average molecular weight is 418 g/mol. The lowest BCUT2D eigenvalue weighted by Gasteiger charge is -2.30. The third-order valence-electron chi connectivity index (χ3n) is 4.93. The number of carbonyl (C=O) groups is 2. The Morgan fingerprint density at radius 3 is 2.64 bits per heavy atom. The van der Waals surface area contributed by atoms with E-state index in [-0.39, 0.29) is 5.91 Å². The highest BCUT2D eigenvalue weighted by Crippen LogP contribution is 2.37. The van der Waals surface area contributed by atoms with E-state index in [9.17, 15) is 9.59 Å². The molecule has 7 heteroatoms. The number of carbonyl (C=O) groups excluding carboxylic acids is 2. The van der Waals surface area contributed by atoms with Gasteiger partial charge in [0, 0.05) is 41.1 Å². The SMILES string of the molecule is Cc1ccc(SCCC(=O)Nc2sc3c(c2C(N)=O)CCN(C(C)C)C3)cc1. The van der Waals surface area contributed by atoms with Crippen molar-refractivity contribution in [1.82, 2.24) is 4.90 Å². The number of fused-ring (bicyclic) bond motifs is 1. The highest BCUT2D eigenvalue weighted by Gasteiger charge is 2.28. The molecule has 5 nitrogen and oxygen atoms in total. The zero-order valence-electron chi connectivity index (χ0n) is 16.6. The van der Waals surface area contributed by atoms with Gasteiger partial charge in [0.2, 0.25) is 5.91 Å². The van der Waals surface area contributed by atoms with Crippen molar-refractivity contribution in [2.45, 2.75) is 51.1 Å². The first-order valence-electron chi connectivity index (χ1n) is 9.53. The topological polar surface area (TPSA) is 75.4 Å². The maximum absolute atomic E-state index is 12.4. The number of rotatable bonds is 7. The molecule has 3 N–H and O–H groups in total. The van der Waals surface area contributed by atoms with Gasteiger partial charge in [0.25, 0.3) is 5.91 Å². The smallest absolute Gasteiger partial charge is 0.251 e. The summed E-state index contributed by atoms with van der Waals surface area (Å²) in [6.45, 7) is 8.10. The second-order valence-corrected chi connectivity index (χ2v) is 9.62. The molecule has 1 aliphatic heterocycles. The number of nitrogens with one attached hydrogen (secondary N) is 1. The Morgan fingerprint density at radius 2 is 2.00 bits per heavy atom. The molecule has 0 unspecified atom stereocenters. The summed E-state index contributed by atoms with van der Waals surface area (Å²) in [5, 5.41) is 3.54. The van der Waals surface area contributed by atoms with Gasteiger partial charge in [-0.1, -0.05) is 17.7 Å². The molecule has 2 aromatic rings. The maximum atomic E-state index is 12.4. The van der Waals surface area contributed by atoms with Crippen LogP contribution in [-0.2, 0) is 17.8 Å². The molecule has 1 aromatic carbocycles. The van der Waals surface area contributed by atoms with E-state index in [1.807, 2.05) is 0 Å². The van der Waals surface area contributed by atoms with E-state index in [1.165, 1.54) is 16.9 Å². The van der Waals surface area contributed by atoms with E-state index in [0.29, 0.717) is 28.8 Å². The molecule has 3 rings (SSSR count). The van der Waals surface area contributed by atoms with Gasteiger partial charge in [0.15, 0.2) is 0 Å². The van der Waals surface area contributed by atoms with Crippen LogP contribution in [0.2, 0.25) is 0 Å². The fraction of sp³-hybridized carbons (Fsp3) is 0.429. The molecule has 2 amide bonds. The van der Waals surface area contributed by atoms with Crippen LogP contribution in [0.5, 0.6) is 0 Å². The maximum Gasteiger partial charge on any atom is 0.251 e. The number of nitrogens with zero attached hydrogens (tertiary/aromatic N) is 1. The van der Waals surface area contributed by atoms with Crippen molar-refractivity contribution < 1.29 is 9.59 Å². The molecule has 150 valence electrons. The summed E-state index contributed by atoms with van der Waals surface area (Å²) in [6.07, 6.45) is 1.18. The third-order valence-corrected chi connectivity index (χ3v) is 7.08. The lowest BCUT2D eigenvalue weighted by Crippen LogP contribution is -2.35. The van der Waals surface area contributed by atoms with Crippen molar-refractivity contribution in [2.24, 2.45) is 5.73 Å². The Morgan fingerprint density at radius 1 is 1.29 bits per heavy atom. The van der Waals surface area contributed by atoms with Gasteiger partial charge in [-0.2, -0.15) is 0 Å². The Balaban J connectivity index is 1.63. The minimum atomic E-state index is -0.458. The highest BCUT2D eigenvalue weighted by atomic mass is 32.2. The Kier molecular flexibility index (Phi) is 6.80. The lowest BCUT2D eigenvalue weighted by atomic mass is 10.0. The molecule has 0 atom stereocenters. The first-order valence-corrected chi connectivity index (χ1v) is 11.3. The molecule has 0 bridgehead atoms. The van der Waals surface area contributed by atoms with Gasteiger partial charge in [0.1, 0.15) is 5.00 Å². The molecule has 0 radical (unpaired) electrons. The fourth-order valence-electron chi connectivity index (χ4n) is 3.30. The summed E-state index contributed by atoms with van der Waals surface area (Å²) >= 11 is 3.14. The zero-order chi connectivity index (χ0) is 20.3. The summed E-state index contributed by atoms with van der Waals surface area (Å²) in [7, 11) is 0. The third kappa shape index (κ3) is 4.96. The van der Waals surface area contributed by atoms with Gasteiger partial charge in [-0.25, -0.2) is 0 Å². The Hall–Kier alpha value is -1.83. The van der Waals surface area contributed by atoms with Crippen LogP contribution < -0.4 is 11.1 Å². The van der Waals surface area contributed by atoms with E-state index in [1.54, 1.807) is 11.8 Å². The van der Waals surface area contributed by atoms with Gasteiger partial charge in [-0.3, -0.25) is 14.5 Å². The van der Waals surface area contributed by atoms with Crippen molar-refractivity contribution >= 4 is 39.9 Å². The van der Waals surface area contributed by atoms with E-state index in [0.717, 1.165) is 34.8 Å². The number of anilines is 1. The van der Waals surface area contributed by atoms with Gasteiger partial charge >= 0.3 is 0 Å². The van der Waals surface area contributed by atoms with Crippen LogP contribution in [0.4, 0.5) is 5.00 Å². The Labute approximate surface area is 174 Å². The fourth-order valence-corrected chi connectivity index (χ4v) is 5.44. The van der Waals surface area contributed by atoms with Crippen LogP contribution in [-0.4, -0.2) is 35.1 Å². The van der Waals surface area contributed by atoms with Gasteiger partial charge in [0.05, 0.1) is 5.56 Å². The van der Waals surface area contributed by atoms with E-state index < -0.39 is 5.91 Å². The molecule has 28 heavy (non-hydrogen) atoms. The number of thiophene rings is 1. The van der Waals surface area contributed by atoms with Crippen LogP contribution in [0.15, 0.2) is 29.2 Å². The quantitative estimate of drug-likeness (QED) is 0.667. The molecule has 0 spiro atoms. The van der Waals surface area contributed by atoms with Crippen molar-refractivity contribution in [3.8, 4) is 0 Å². The van der Waals surface area contributed by atoms with Crippen molar-refractivity contribution in [3.63, 3.8) is 0 Å². The molecular formula is C21H27N3O2S2. The second kappa shape index (κ2) is 9.11. The number of thioether (sulfide) groups is 1. The summed E-state index contributed by atoms with van der Waals surface area (Å²) in [5.74, 6) is 0.147. The van der Waals surface area contributed by atoms with E-state index in [2.05, 4.69) is 55.3 Å². The van der Waals surface area contributed by atoms with Crippen LogP contribution >= 0.6 is 23.1 Å². The van der Waals surface area contributed by atoms with Crippen LogP contribution in [0.3, 0.4) is 0 Å². The summed E-state index contributed by atoms with van der Waals surface area (Å²) in [4.78, 5) is 29.1. The molecule has 0 saturated carbocycles. The first-order chi connectivity index (χ1) is 13.3. The summed E-state index contributed by atoms with van der Waals surface area (Å²) in [5.41, 5.74) is 8.38. The Bertz CT molecular complexity index is 859. The van der Waals surface area contributed by atoms with Crippen LogP contribution in [0.1, 0.15) is 46.6 Å². The molecule has 1 aliphatic rings. The predicted molar refractivity (Wildman–Crippen MR) is 117 cm³/mol. The van der Waals surface area contributed by atoms with E-state index in [4.69, 9.17) is 5.73 Å². The van der Waals surface area contributed by atoms with Crippen LogP contribution in [0, 0.1) is 6.92 Å². The molecule has 0 saturated heterocycles. The van der Waals surface area contributed by atoms with Gasteiger partial charge in [-0.05, 0) is 44.9 Å². The standard InChI is InChI=1S/C21H27N3O2S2/c1-13(2)24-10-8-16-17(12-24)28-21(19(16)20(22)26)23-18(25)9-11-27-15-6-4-14(3)5-7-15/h4-7,13H,8-12H2,1-3H3,(H2,22,26)(H,23,25). The van der Waals surface area contributed by atoms with Crippen LogP contribution in [0.25, 0.3) is 0 Å². The largest absolute Gasteiger partial charge is 0.365 e. The lowest BCUT2D eigenvalue weighted by molar-refractivity contribution is -0.115. The summed E-state index contributed by atoms with van der Waals surface area (Å²) in [6, 6.07) is 8.72. The number of aryl methyl sites for hydroxylation is 1. The minimum absolute atomic E-state index is 0.0820. The highest BCUT2D eigenvalue weighted by molar-refractivity contribution is 7.99. The predicted octanol–water partition coefficient (Wildman–Crippen LogP) is 4.04. The van der Waals surface area contributed by atoms with Gasteiger partial charge in [-0.15, -0.1) is 23.1 Å². The zero-order valence-corrected chi connectivity index (χ0v) is 18.2. The second-order valence-electron chi connectivity index (χ2n) is 7.35. The van der Waals surface area contributed by atoms with Gasteiger partial charge < -0.3 is 11.1 Å². The normalized spacial score (nSPS) is 14.1. The van der Waals surface area contributed by atoms with E-state index >= 15 is 0 Å². The van der Waals surface area contributed by atoms with Crippen molar-refractivity contribution in [3.05, 3.63) is 45.8 Å². The van der Waals surface area contributed by atoms with Crippen molar-refractivity contribution in [2.75, 3.05) is 17.6 Å². The number of hydrogen-bond acceptors (Lipinski definition) is 5. The molecule has 1 aromatic heterocycles. The summed E-state index contributed by atoms with van der Waals surface area (Å²) < 4.78 is 0. The molecule has 0 aliphatic carbocycles. The number of benzene rings is 1. The monoisotopic (exact) mass is 417 g/mol. The minimum Gasteiger partial charge on any atom is -0.365 e. The molecule has 2 heterocycles. The number of nitrogens with two attached hydrogens (primary N) is 1.